The third kappa shape index (κ3) is 3.22. The summed E-state index contributed by atoms with van der Waals surface area (Å²) in [4.78, 5) is 30.4. The Hall–Kier alpha value is -4.33. The average Bonchev–Trinajstić information content (AvgIpc) is 3.38. The van der Waals surface area contributed by atoms with Gasteiger partial charge in [0, 0.05) is 22.6 Å². The Morgan fingerprint density at radius 2 is 1.59 bits per heavy atom. The number of benzene rings is 2. The Morgan fingerprint density at radius 3 is 2.28 bits per heavy atom. The molecule has 5 rings (SSSR count). The van der Waals surface area contributed by atoms with E-state index < -0.39 is 5.56 Å². The molecule has 0 radical (unpaired) electrons. The molecule has 0 amide bonds. The van der Waals surface area contributed by atoms with E-state index in [0.717, 1.165) is 22.8 Å². The maximum Gasteiger partial charge on any atom is 0.283 e. The van der Waals surface area contributed by atoms with Crippen molar-refractivity contribution in [2.45, 2.75) is 20.4 Å². The summed E-state index contributed by atoms with van der Waals surface area (Å²) < 4.78 is 4.82. The molecule has 0 atom stereocenters. The summed E-state index contributed by atoms with van der Waals surface area (Å²) in [6, 6.07) is 21.0. The summed E-state index contributed by atoms with van der Waals surface area (Å²) in [5, 5.41) is 8.08. The molecule has 2 aromatic carbocycles. The minimum Gasteiger partial charge on any atom is -0.318 e. The summed E-state index contributed by atoms with van der Waals surface area (Å²) in [6.07, 6.45) is 1.38. The number of carbonyl (C=O) groups excluding carboxylic acids is 1. The van der Waals surface area contributed by atoms with Crippen molar-refractivity contribution in [1.29, 1.82) is 0 Å². The van der Waals surface area contributed by atoms with Gasteiger partial charge in [-0.05, 0) is 44.2 Å². The van der Waals surface area contributed by atoms with E-state index in [4.69, 9.17) is 0 Å². The zero-order valence-corrected chi connectivity index (χ0v) is 17.6. The molecule has 0 fully saturated rings. The highest BCUT2D eigenvalue weighted by Crippen LogP contribution is 2.21. The molecule has 158 valence electrons. The number of aryl methyl sites for hydroxylation is 1. The highest BCUT2D eigenvalue weighted by molar-refractivity contribution is 5.97. The zero-order chi connectivity index (χ0) is 22.2. The summed E-state index contributed by atoms with van der Waals surface area (Å²) in [7, 11) is 0. The molecule has 0 bridgehead atoms. The SMILES string of the molecule is Cc1cc(C(=O)Cn2cnc3c(nnn3-c3ccccc3)c2=O)c(C)n1-c1ccccc1. The van der Waals surface area contributed by atoms with Crippen LogP contribution in [0.25, 0.3) is 22.5 Å². The maximum absolute atomic E-state index is 13.1. The van der Waals surface area contributed by atoms with Gasteiger partial charge in [-0.2, -0.15) is 4.68 Å². The Bertz CT molecular complexity index is 1500. The third-order valence-electron chi connectivity index (χ3n) is 5.49. The second kappa shape index (κ2) is 7.73. The van der Waals surface area contributed by atoms with Crippen molar-refractivity contribution in [3.8, 4) is 11.4 Å². The lowest BCUT2D eigenvalue weighted by atomic mass is 10.1. The second-order valence-corrected chi connectivity index (χ2v) is 7.57. The van der Waals surface area contributed by atoms with Crippen molar-refractivity contribution in [2.24, 2.45) is 0 Å². The van der Waals surface area contributed by atoms with Gasteiger partial charge in [0.1, 0.15) is 6.33 Å². The van der Waals surface area contributed by atoms with Crippen molar-refractivity contribution in [3.05, 3.63) is 100 Å². The lowest BCUT2D eigenvalue weighted by molar-refractivity contribution is 0.0970. The van der Waals surface area contributed by atoms with Gasteiger partial charge < -0.3 is 4.57 Å². The molecule has 8 heteroatoms. The van der Waals surface area contributed by atoms with Gasteiger partial charge in [0.05, 0.1) is 12.2 Å². The van der Waals surface area contributed by atoms with Crippen LogP contribution in [0.5, 0.6) is 0 Å². The Labute approximate surface area is 183 Å². The van der Waals surface area contributed by atoms with E-state index in [-0.39, 0.29) is 17.8 Å². The average molecular weight is 424 g/mol. The molecule has 0 spiro atoms. The first-order valence-electron chi connectivity index (χ1n) is 10.2. The molecule has 3 heterocycles. The number of ketones is 1. The molecule has 0 aliphatic heterocycles. The minimum absolute atomic E-state index is 0.124. The van der Waals surface area contributed by atoms with Gasteiger partial charge in [0.25, 0.3) is 5.56 Å². The second-order valence-electron chi connectivity index (χ2n) is 7.57. The molecule has 0 aliphatic carbocycles. The number of fused-ring (bicyclic) bond motifs is 1. The highest BCUT2D eigenvalue weighted by Gasteiger charge is 2.19. The zero-order valence-electron chi connectivity index (χ0n) is 17.6. The number of hydrogen-bond acceptors (Lipinski definition) is 5. The quantitative estimate of drug-likeness (QED) is 0.404. The van der Waals surface area contributed by atoms with Crippen LogP contribution in [0.1, 0.15) is 21.7 Å². The number of Topliss-reactive ketones (excluding diaryl/α,β-unsaturated/α-hetero) is 1. The molecule has 0 saturated heterocycles. The molecule has 3 aromatic heterocycles. The topological polar surface area (TPSA) is 87.6 Å². The van der Waals surface area contributed by atoms with E-state index in [1.165, 1.54) is 15.6 Å². The van der Waals surface area contributed by atoms with E-state index in [2.05, 4.69) is 15.3 Å². The van der Waals surface area contributed by atoms with Crippen molar-refractivity contribution < 1.29 is 4.79 Å². The maximum atomic E-state index is 13.1. The van der Waals surface area contributed by atoms with Crippen LogP contribution in [-0.4, -0.2) is 34.9 Å². The van der Waals surface area contributed by atoms with E-state index >= 15 is 0 Å². The fraction of sp³-hybridized carbons (Fsp3) is 0.125. The van der Waals surface area contributed by atoms with Gasteiger partial charge in [-0.1, -0.05) is 41.6 Å². The lowest BCUT2D eigenvalue weighted by Gasteiger charge is -2.10. The predicted molar refractivity (Wildman–Crippen MR) is 120 cm³/mol. The van der Waals surface area contributed by atoms with Crippen LogP contribution < -0.4 is 5.56 Å². The molecular weight excluding hydrogens is 404 g/mol. The summed E-state index contributed by atoms with van der Waals surface area (Å²) >= 11 is 0. The van der Waals surface area contributed by atoms with Gasteiger partial charge in [-0.3, -0.25) is 14.2 Å². The molecule has 8 nitrogen and oxygen atoms in total. The van der Waals surface area contributed by atoms with Gasteiger partial charge in [0.15, 0.2) is 16.9 Å². The van der Waals surface area contributed by atoms with Crippen LogP contribution in [0.2, 0.25) is 0 Å². The highest BCUT2D eigenvalue weighted by atomic mass is 16.1. The van der Waals surface area contributed by atoms with Crippen LogP contribution in [0, 0.1) is 13.8 Å². The molecular formula is C24H20N6O2. The van der Waals surface area contributed by atoms with Gasteiger partial charge in [0.2, 0.25) is 0 Å². The standard InChI is InChI=1S/C24H20N6O2/c1-16-13-20(17(2)29(16)18-9-5-3-6-10-18)21(31)14-28-15-25-23-22(24(28)32)26-27-30(23)19-11-7-4-8-12-19/h3-13,15H,14H2,1-2H3. The Morgan fingerprint density at radius 1 is 0.938 bits per heavy atom. The van der Waals surface area contributed by atoms with Crippen molar-refractivity contribution in [3.63, 3.8) is 0 Å². The normalized spacial score (nSPS) is 11.2. The van der Waals surface area contributed by atoms with Gasteiger partial charge in [-0.25, -0.2) is 4.98 Å². The van der Waals surface area contributed by atoms with Gasteiger partial charge in [-0.15, -0.1) is 5.10 Å². The summed E-state index contributed by atoms with van der Waals surface area (Å²) in [5.41, 5.74) is 4.17. The molecule has 5 aromatic rings. The van der Waals surface area contributed by atoms with Crippen LogP contribution >= 0.6 is 0 Å². The van der Waals surface area contributed by atoms with Crippen LogP contribution in [0.3, 0.4) is 0 Å². The molecule has 0 aliphatic rings. The Balaban J connectivity index is 1.49. The summed E-state index contributed by atoms with van der Waals surface area (Å²) in [5.74, 6) is -0.168. The van der Waals surface area contributed by atoms with E-state index in [0.29, 0.717) is 11.2 Å². The van der Waals surface area contributed by atoms with Crippen LogP contribution in [0.4, 0.5) is 0 Å². The first-order chi connectivity index (χ1) is 15.5. The third-order valence-corrected chi connectivity index (χ3v) is 5.49. The Kier molecular flexibility index (Phi) is 4.74. The summed E-state index contributed by atoms with van der Waals surface area (Å²) in [6.45, 7) is 3.74. The molecule has 0 N–H and O–H groups in total. The number of carbonyl (C=O) groups is 1. The molecule has 0 unspecified atom stereocenters. The van der Waals surface area contributed by atoms with Crippen LogP contribution in [-0.2, 0) is 6.54 Å². The molecule has 32 heavy (non-hydrogen) atoms. The monoisotopic (exact) mass is 424 g/mol. The van der Waals surface area contributed by atoms with E-state index in [9.17, 15) is 9.59 Å². The van der Waals surface area contributed by atoms with Crippen molar-refractivity contribution in [2.75, 3.05) is 0 Å². The van der Waals surface area contributed by atoms with Crippen molar-refractivity contribution >= 4 is 16.9 Å². The van der Waals surface area contributed by atoms with Gasteiger partial charge >= 0.3 is 0 Å². The number of nitrogens with zero attached hydrogens (tertiary/aromatic N) is 6. The first kappa shape index (κ1) is 19.6. The predicted octanol–water partition coefficient (Wildman–Crippen LogP) is 3.27. The number of rotatable bonds is 5. The number of para-hydroxylation sites is 2. The minimum atomic E-state index is -0.401. The number of hydrogen-bond donors (Lipinski definition) is 0. The smallest absolute Gasteiger partial charge is 0.283 e. The fourth-order valence-electron chi connectivity index (χ4n) is 3.96. The van der Waals surface area contributed by atoms with Crippen LogP contribution in [0.15, 0.2) is 77.9 Å². The first-order valence-corrected chi connectivity index (χ1v) is 10.2. The van der Waals surface area contributed by atoms with Crippen molar-refractivity contribution in [1.82, 2.24) is 29.1 Å². The number of aromatic nitrogens is 6. The lowest BCUT2D eigenvalue weighted by Crippen LogP contribution is -2.25. The van der Waals surface area contributed by atoms with E-state index in [1.807, 2.05) is 85.1 Å². The van der Waals surface area contributed by atoms with E-state index in [1.54, 1.807) is 0 Å². The largest absolute Gasteiger partial charge is 0.318 e. The fourth-order valence-corrected chi connectivity index (χ4v) is 3.96. The molecule has 0 saturated carbocycles.